The lowest BCUT2D eigenvalue weighted by molar-refractivity contribution is 0.622. The highest BCUT2D eigenvalue weighted by molar-refractivity contribution is 5.76. The Morgan fingerprint density at radius 2 is 2.05 bits per heavy atom. The molecule has 1 aromatic heterocycles. The number of benzene rings is 2. The molecule has 4 heteroatoms. The first-order valence-electron chi connectivity index (χ1n) is 6.75. The summed E-state index contributed by atoms with van der Waals surface area (Å²) in [4.78, 5) is 4.50. The molecule has 2 aromatic carbocycles. The van der Waals surface area contributed by atoms with E-state index in [1.807, 2.05) is 35.8 Å². The second-order valence-corrected chi connectivity index (χ2v) is 5.01. The Balaban J connectivity index is 2.12. The number of para-hydroxylation sites is 2. The van der Waals surface area contributed by atoms with E-state index in [-0.39, 0.29) is 12.2 Å². The lowest BCUT2D eigenvalue weighted by atomic mass is 10.1. The summed E-state index contributed by atoms with van der Waals surface area (Å²) in [6, 6.07) is 14.7. The van der Waals surface area contributed by atoms with Crippen molar-refractivity contribution in [3.8, 4) is 6.07 Å². The number of hydrogen-bond donors (Lipinski definition) is 0. The minimum atomic E-state index is -0.248. The predicted octanol–water partition coefficient (Wildman–Crippen LogP) is 3.60. The van der Waals surface area contributed by atoms with Crippen LogP contribution in [0.1, 0.15) is 17.0 Å². The quantitative estimate of drug-likeness (QED) is 0.735. The van der Waals surface area contributed by atoms with Crippen molar-refractivity contribution in [3.63, 3.8) is 0 Å². The van der Waals surface area contributed by atoms with E-state index in [9.17, 15) is 4.39 Å². The van der Waals surface area contributed by atoms with E-state index in [2.05, 4.69) is 11.1 Å². The van der Waals surface area contributed by atoms with Crippen LogP contribution in [0.5, 0.6) is 0 Å². The summed E-state index contributed by atoms with van der Waals surface area (Å²) < 4.78 is 15.4. The van der Waals surface area contributed by atoms with Crippen molar-refractivity contribution in [1.82, 2.24) is 9.55 Å². The molecule has 3 nitrogen and oxygen atoms in total. The Bertz CT molecular complexity index is 843. The maximum absolute atomic E-state index is 13.5. The Hall–Kier alpha value is -2.67. The van der Waals surface area contributed by atoms with E-state index in [1.54, 1.807) is 12.1 Å². The third-order valence-corrected chi connectivity index (χ3v) is 3.61. The van der Waals surface area contributed by atoms with E-state index < -0.39 is 0 Å². The normalized spacial score (nSPS) is 10.7. The van der Waals surface area contributed by atoms with Crippen molar-refractivity contribution in [2.45, 2.75) is 19.9 Å². The fourth-order valence-electron chi connectivity index (χ4n) is 2.49. The molecule has 0 N–H and O–H groups in total. The highest BCUT2D eigenvalue weighted by Crippen LogP contribution is 2.20. The number of aromatic nitrogens is 2. The second-order valence-electron chi connectivity index (χ2n) is 5.01. The number of rotatable bonds is 3. The number of imidazole rings is 1. The average Bonchev–Trinajstić information content (AvgIpc) is 2.81. The Morgan fingerprint density at radius 1 is 1.24 bits per heavy atom. The fourth-order valence-corrected chi connectivity index (χ4v) is 2.49. The maximum atomic E-state index is 13.5. The summed E-state index contributed by atoms with van der Waals surface area (Å²) in [6.45, 7) is 2.47. The SMILES string of the molecule is Cc1ccc(F)cc1Cn1c(CC#N)nc2ccccc21. The molecule has 3 rings (SSSR count). The largest absolute Gasteiger partial charge is 0.323 e. The van der Waals surface area contributed by atoms with Crippen molar-refractivity contribution >= 4 is 11.0 Å². The molecule has 0 unspecified atom stereocenters. The van der Waals surface area contributed by atoms with Gasteiger partial charge in [0.05, 0.1) is 23.5 Å². The second kappa shape index (κ2) is 5.37. The van der Waals surface area contributed by atoms with Crippen molar-refractivity contribution in [1.29, 1.82) is 5.26 Å². The molecule has 21 heavy (non-hydrogen) atoms. The number of fused-ring (bicyclic) bond motifs is 1. The van der Waals surface area contributed by atoms with Gasteiger partial charge in [0.15, 0.2) is 0 Å². The van der Waals surface area contributed by atoms with Crippen molar-refractivity contribution in [3.05, 3.63) is 65.2 Å². The lowest BCUT2D eigenvalue weighted by Gasteiger charge is -2.10. The van der Waals surface area contributed by atoms with Gasteiger partial charge in [0, 0.05) is 6.54 Å². The third-order valence-electron chi connectivity index (χ3n) is 3.61. The average molecular weight is 279 g/mol. The molecule has 0 aliphatic heterocycles. The molecular formula is C17H14FN3. The fraction of sp³-hybridized carbons (Fsp3) is 0.176. The van der Waals surface area contributed by atoms with Crippen LogP contribution in [-0.4, -0.2) is 9.55 Å². The molecular weight excluding hydrogens is 265 g/mol. The van der Waals surface area contributed by atoms with Crippen LogP contribution in [0.4, 0.5) is 4.39 Å². The molecule has 104 valence electrons. The van der Waals surface area contributed by atoms with Crippen LogP contribution in [-0.2, 0) is 13.0 Å². The van der Waals surface area contributed by atoms with Crippen molar-refractivity contribution in [2.24, 2.45) is 0 Å². The number of nitrogens with zero attached hydrogens (tertiary/aromatic N) is 3. The molecule has 0 atom stereocenters. The number of hydrogen-bond acceptors (Lipinski definition) is 2. The van der Waals surface area contributed by atoms with Crippen LogP contribution < -0.4 is 0 Å². The zero-order chi connectivity index (χ0) is 14.8. The summed E-state index contributed by atoms with van der Waals surface area (Å²) >= 11 is 0. The highest BCUT2D eigenvalue weighted by Gasteiger charge is 2.11. The standard InChI is InChI=1S/C17H14FN3/c1-12-6-7-14(18)10-13(12)11-21-16-5-3-2-4-15(16)20-17(21)8-9-19/h2-7,10H,8,11H2,1H3. The lowest BCUT2D eigenvalue weighted by Crippen LogP contribution is -2.06. The molecule has 0 aliphatic rings. The minimum Gasteiger partial charge on any atom is -0.323 e. The molecule has 0 aliphatic carbocycles. The first-order valence-corrected chi connectivity index (χ1v) is 6.75. The van der Waals surface area contributed by atoms with Crippen LogP contribution >= 0.6 is 0 Å². The molecule has 0 fully saturated rings. The predicted molar refractivity (Wildman–Crippen MR) is 79.3 cm³/mol. The third kappa shape index (κ3) is 2.50. The van der Waals surface area contributed by atoms with Gasteiger partial charge in [-0.1, -0.05) is 18.2 Å². The van der Waals surface area contributed by atoms with Gasteiger partial charge in [-0.05, 0) is 42.3 Å². The highest BCUT2D eigenvalue weighted by atomic mass is 19.1. The van der Waals surface area contributed by atoms with Gasteiger partial charge in [-0.3, -0.25) is 0 Å². The number of halogens is 1. The van der Waals surface area contributed by atoms with Crippen molar-refractivity contribution < 1.29 is 4.39 Å². The van der Waals surface area contributed by atoms with E-state index in [0.29, 0.717) is 12.4 Å². The molecule has 1 heterocycles. The Kier molecular flexibility index (Phi) is 3.41. The van der Waals surface area contributed by atoms with Gasteiger partial charge >= 0.3 is 0 Å². The summed E-state index contributed by atoms with van der Waals surface area (Å²) in [5.41, 5.74) is 3.75. The molecule has 3 aromatic rings. The van der Waals surface area contributed by atoms with Crippen LogP contribution in [0.25, 0.3) is 11.0 Å². The number of aryl methyl sites for hydroxylation is 1. The Labute approximate surface area is 122 Å². The first kappa shape index (κ1) is 13.3. The summed E-state index contributed by atoms with van der Waals surface area (Å²) in [7, 11) is 0. The van der Waals surface area contributed by atoms with Gasteiger partial charge < -0.3 is 4.57 Å². The maximum Gasteiger partial charge on any atom is 0.124 e. The monoisotopic (exact) mass is 279 g/mol. The van der Waals surface area contributed by atoms with Gasteiger partial charge in [-0.15, -0.1) is 0 Å². The van der Waals surface area contributed by atoms with E-state index in [4.69, 9.17) is 5.26 Å². The van der Waals surface area contributed by atoms with Crippen LogP contribution in [0.2, 0.25) is 0 Å². The minimum absolute atomic E-state index is 0.239. The molecule has 0 saturated heterocycles. The number of nitriles is 1. The topological polar surface area (TPSA) is 41.6 Å². The zero-order valence-electron chi connectivity index (χ0n) is 11.7. The van der Waals surface area contributed by atoms with Gasteiger partial charge in [0.25, 0.3) is 0 Å². The van der Waals surface area contributed by atoms with Crippen molar-refractivity contribution in [2.75, 3.05) is 0 Å². The zero-order valence-corrected chi connectivity index (χ0v) is 11.7. The summed E-state index contributed by atoms with van der Waals surface area (Å²) in [6.07, 6.45) is 0.239. The van der Waals surface area contributed by atoms with E-state index in [0.717, 1.165) is 22.2 Å². The van der Waals surface area contributed by atoms with E-state index in [1.165, 1.54) is 6.07 Å². The van der Waals surface area contributed by atoms with Crippen LogP contribution in [0.15, 0.2) is 42.5 Å². The van der Waals surface area contributed by atoms with Crippen LogP contribution in [0.3, 0.4) is 0 Å². The van der Waals surface area contributed by atoms with Gasteiger partial charge in [0.1, 0.15) is 11.6 Å². The Morgan fingerprint density at radius 3 is 2.86 bits per heavy atom. The first-order chi connectivity index (χ1) is 10.2. The van der Waals surface area contributed by atoms with Gasteiger partial charge in [-0.25, -0.2) is 9.37 Å². The summed E-state index contributed by atoms with van der Waals surface area (Å²) in [5, 5.41) is 8.97. The summed E-state index contributed by atoms with van der Waals surface area (Å²) in [5.74, 6) is 0.462. The molecule has 0 spiro atoms. The van der Waals surface area contributed by atoms with Gasteiger partial charge in [-0.2, -0.15) is 5.26 Å². The molecule has 0 saturated carbocycles. The molecule has 0 bridgehead atoms. The van der Waals surface area contributed by atoms with E-state index >= 15 is 0 Å². The van der Waals surface area contributed by atoms with Crippen LogP contribution in [0, 0.1) is 24.1 Å². The molecule has 0 amide bonds. The molecule has 0 radical (unpaired) electrons. The smallest absolute Gasteiger partial charge is 0.124 e. The van der Waals surface area contributed by atoms with Gasteiger partial charge in [0.2, 0.25) is 0 Å².